The summed E-state index contributed by atoms with van der Waals surface area (Å²) >= 11 is 8.22. The van der Waals surface area contributed by atoms with E-state index in [1.807, 2.05) is 18.2 Å². The number of hydrogen-bond donors (Lipinski definition) is 1. The number of para-hydroxylation sites is 1. The van der Waals surface area contributed by atoms with Crippen LogP contribution < -0.4 is 4.90 Å². The molecule has 0 spiro atoms. The third kappa shape index (κ3) is 3.53. The van der Waals surface area contributed by atoms with Gasteiger partial charge in [0, 0.05) is 6.07 Å². The van der Waals surface area contributed by atoms with Crippen molar-refractivity contribution in [3.05, 3.63) is 66.6 Å². The van der Waals surface area contributed by atoms with Gasteiger partial charge >= 0.3 is 5.69 Å². The molecule has 3 rings (SSSR count). The zero-order valence-electron chi connectivity index (χ0n) is 12.4. The molecule has 1 fully saturated rings. The van der Waals surface area contributed by atoms with Crippen LogP contribution in [-0.4, -0.2) is 20.3 Å². The number of benzene rings is 2. The van der Waals surface area contributed by atoms with Gasteiger partial charge in [-0.3, -0.25) is 19.8 Å². The number of phenolic OH excluding ortho intramolecular Hbond substituents is 1. The number of carbonyl (C=O) groups is 1. The number of nitro benzene ring substituents is 1. The van der Waals surface area contributed by atoms with Crippen molar-refractivity contribution in [2.45, 2.75) is 0 Å². The van der Waals surface area contributed by atoms with Gasteiger partial charge in [-0.2, -0.15) is 0 Å². The fourth-order valence-corrected chi connectivity index (χ4v) is 4.18. The summed E-state index contributed by atoms with van der Waals surface area (Å²) in [4.78, 5) is 24.8. The Hall–Kier alpha value is -1.98. The number of anilines is 1. The third-order valence-corrected chi connectivity index (χ3v) is 5.49. The Morgan fingerprint density at radius 2 is 1.96 bits per heavy atom. The molecular formula is C16H9IN2O4S2. The smallest absolute Gasteiger partial charge is 0.312 e. The molecule has 2 aromatic rings. The number of aromatic hydroxyl groups is 1. The maximum atomic E-state index is 12.7. The van der Waals surface area contributed by atoms with Gasteiger partial charge in [0.15, 0.2) is 4.32 Å². The molecule has 0 saturated carbocycles. The second-order valence-electron chi connectivity index (χ2n) is 4.98. The molecule has 0 atom stereocenters. The van der Waals surface area contributed by atoms with Crippen LogP contribution in [0.15, 0.2) is 47.4 Å². The van der Waals surface area contributed by atoms with Crippen LogP contribution in [-0.2, 0) is 4.79 Å². The molecule has 1 N–H and O–H groups in total. The maximum absolute atomic E-state index is 12.7. The van der Waals surface area contributed by atoms with Crippen molar-refractivity contribution >= 4 is 74.2 Å². The lowest BCUT2D eigenvalue weighted by atomic mass is 10.1. The van der Waals surface area contributed by atoms with Gasteiger partial charge in [0.2, 0.25) is 5.75 Å². The van der Waals surface area contributed by atoms with Crippen LogP contribution in [0.4, 0.5) is 11.4 Å². The molecule has 0 aromatic heterocycles. The van der Waals surface area contributed by atoms with Gasteiger partial charge in [-0.1, -0.05) is 42.2 Å². The van der Waals surface area contributed by atoms with E-state index in [4.69, 9.17) is 12.2 Å². The summed E-state index contributed by atoms with van der Waals surface area (Å²) in [6.07, 6.45) is 1.54. The number of thioether (sulfide) groups is 1. The summed E-state index contributed by atoms with van der Waals surface area (Å²) in [6, 6.07) is 11.8. The highest BCUT2D eigenvalue weighted by Gasteiger charge is 2.33. The number of phenols is 1. The minimum absolute atomic E-state index is 0.285. The predicted octanol–water partition coefficient (Wildman–Crippen LogP) is 4.31. The van der Waals surface area contributed by atoms with Crippen molar-refractivity contribution in [2.24, 2.45) is 0 Å². The molecular weight excluding hydrogens is 475 g/mol. The largest absolute Gasteiger partial charge is 0.501 e. The van der Waals surface area contributed by atoms with Crippen molar-refractivity contribution in [3.63, 3.8) is 0 Å². The number of halogens is 1. The Labute approximate surface area is 165 Å². The summed E-state index contributed by atoms with van der Waals surface area (Å²) in [6.45, 7) is 0. The second-order valence-corrected chi connectivity index (χ2v) is 7.82. The Bertz CT molecular complexity index is 931. The number of amides is 1. The van der Waals surface area contributed by atoms with Crippen LogP contribution in [0.3, 0.4) is 0 Å². The molecule has 1 amide bonds. The number of nitro groups is 1. The second kappa shape index (κ2) is 7.10. The highest BCUT2D eigenvalue weighted by atomic mass is 127. The van der Waals surface area contributed by atoms with Gasteiger partial charge in [0.25, 0.3) is 5.91 Å². The summed E-state index contributed by atoms with van der Waals surface area (Å²) in [7, 11) is 0. The molecule has 25 heavy (non-hydrogen) atoms. The minimum Gasteiger partial charge on any atom is -0.501 e. The SMILES string of the molecule is O=C1/C(=C\c2cc(I)c(O)c([N+](=O)[O-])c2)SC(=S)N1c1ccccc1. The predicted molar refractivity (Wildman–Crippen MR) is 110 cm³/mol. The van der Waals surface area contributed by atoms with Crippen LogP contribution in [0.2, 0.25) is 0 Å². The Morgan fingerprint density at radius 3 is 2.60 bits per heavy atom. The molecule has 1 saturated heterocycles. The summed E-state index contributed by atoms with van der Waals surface area (Å²) in [5, 5.41) is 20.8. The maximum Gasteiger partial charge on any atom is 0.312 e. The van der Waals surface area contributed by atoms with Crippen molar-refractivity contribution in [1.82, 2.24) is 0 Å². The molecule has 1 heterocycles. The molecule has 0 bridgehead atoms. The first-order valence-electron chi connectivity index (χ1n) is 6.88. The quantitative estimate of drug-likeness (QED) is 0.230. The van der Waals surface area contributed by atoms with Gasteiger partial charge < -0.3 is 5.11 Å². The van der Waals surface area contributed by atoms with E-state index in [9.17, 15) is 20.0 Å². The first-order valence-corrected chi connectivity index (χ1v) is 9.18. The van der Waals surface area contributed by atoms with E-state index in [2.05, 4.69) is 0 Å². The highest BCUT2D eigenvalue weighted by Crippen LogP contribution is 2.38. The van der Waals surface area contributed by atoms with E-state index >= 15 is 0 Å². The standard InChI is InChI=1S/C16H9IN2O4S2/c17-11-6-9(7-12(14(11)20)19(22)23)8-13-15(21)18(16(24)25-13)10-4-2-1-3-5-10/h1-8,20H/b13-8+. The fourth-order valence-electron chi connectivity index (χ4n) is 2.25. The number of rotatable bonds is 3. The van der Waals surface area contributed by atoms with Gasteiger partial charge in [-0.25, -0.2) is 0 Å². The summed E-state index contributed by atoms with van der Waals surface area (Å²) < 4.78 is 0.724. The monoisotopic (exact) mass is 484 g/mol. The van der Waals surface area contributed by atoms with Crippen molar-refractivity contribution < 1.29 is 14.8 Å². The van der Waals surface area contributed by atoms with Crippen LogP contribution >= 0.6 is 46.6 Å². The summed E-state index contributed by atoms with van der Waals surface area (Å²) in [5.74, 6) is -0.675. The molecule has 0 unspecified atom stereocenters. The Morgan fingerprint density at radius 1 is 1.28 bits per heavy atom. The first-order chi connectivity index (χ1) is 11.9. The van der Waals surface area contributed by atoms with Crippen LogP contribution in [0, 0.1) is 13.7 Å². The number of hydrogen-bond acceptors (Lipinski definition) is 6. The Balaban J connectivity index is 1.99. The number of thiocarbonyl (C=S) groups is 1. The average Bonchev–Trinajstić information content (AvgIpc) is 2.85. The van der Waals surface area contributed by atoms with E-state index in [-0.39, 0.29) is 11.7 Å². The van der Waals surface area contributed by atoms with Crippen LogP contribution in [0.1, 0.15) is 5.56 Å². The highest BCUT2D eigenvalue weighted by molar-refractivity contribution is 14.1. The average molecular weight is 484 g/mol. The van der Waals surface area contributed by atoms with Crippen LogP contribution in [0.25, 0.3) is 6.08 Å². The lowest BCUT2D eigenvalue weighted by Gasteiger charge is -2.13. The van der Waals surface area contributed by atoms with Crippen LogP contribution in [0.5, 0.6) is 5.75 Å². The topological polar surface area (TPSA) is 83.7 Å². The van der Waals surface area contributed by atoms with Crippen molar-refractivity contribution in [3.8, 4) is 5.75 Å². The van der Waals surface area contributed by atoms with E-state index in [1.165, 1.54) is 17.0 Å². The first kappa shape index (κ1) is 17.8. The third-order valence-electron chi connectivity index (χ3n) is 3.37. The van der Waals surface area contributed by atoms with Gasteiger partial charge in [-0.05, 0) is 52.4 Å². The normalized spacial score (nSPS) is 15.9. The number of nitrogens with zero attached hydrogens (tertiary/aromatic N) is 2. The van der Waals surface area contributed by atoms with Gasteiger partial charge in [-0.15, -0.1) is 0 Å². The molecule has 0 radical (unpaired) electrons. The number of carbonyl (C=O) groups excluding carboxylic acids is 1. The van der Waals surface area contributed by atoms with Crippen molar-refractivity contribution in [2.75, 3.05) is 4.90 Å². The van der Waals surface area contributed by atoms with Gasteiger partial charge in [0.1, 0.15) is 0 Å². The minimum atomic E-state index is -0.663. The van der Waals surface area contributed by atoms with Crippen molar-refractivity contribution in [1.29, 1.82) is 0 Å². The lowest BCUT2D eigenvalue weighted by Crippen LogP contribution is -2.27. The van der Waals surface area contributed by atoms with Gasteiger partial charge in [0.05, 0.1) is 19.1 Å². The fraction of sp³-hybridized carbons (Fsp3) is 0. The Kier molecular flexibility index (Phi) is 5.06. The van der Waals surface area contributed by atoms with E-state index in [1.54, 1.807) is 40.8 Å². The molecule has 9 heteroatoms. The molecule has 1 aliphatic rings. The summed E-state index contributed by atoms with van der Waals surface area (Å²) in [5.41, 5.74) is 0.707. The molecule has 2 aromatic carbocycles. The molecule has 126 valence electrons. The van der Waals surface area contributed by atoms with E-state index in [0.29, 0.717) is 24.0 Å². The van der Waals surface area contributed by atoms with E-state index < -0.39 is 10.6 Å². The molecule has 6 nitrogen and oxygen atoms in total. The van der Waals surface area contributed by atoms with E-state index in [0.717, 1.165) is 11.8 Å². The zero-order chi connectivity index (χ0) is 18.1. The molecule has 1 aliphatic heterocycles. The lowest BCUT2D eigenvalue weighted by molar-refractivity contribution is -0.386. The zero-order valence-corrected chi connectivity index (χ0v) is 16.2. The molecule has 0 aliphatic carbocycles.